The van der Waals surface area contributed by atoms with Crippen LogP contribution in [-0.4, -0.2) is 47.5 Å². The summed E-state index contributed by atoms with van der Waals surface area (Å²) in [5, 5.41) is 4.05. The summed E-state index contributed by atoms with van der Waals surface area (Å²) in [5.74, 6) is 1.04. The number of carbonyl (C=O) groups excluding carboxylic acids is 1. The van der Waals surface area contributed by atoms with E-state index < -0.39 is 0 Å². The highest BCUT2D eigenvalue weighted by atomic mass is 32.2. The molecule has 0 radical (unpaired) electrons. The Morgan fingerprint density at radius 2 is 2.12 bits per heavy atom. The van der Waals surface area contributed by atoms with Gasteiger partial charge in [0.15, 0.2) is 0 Å². The summed E-state index contributed by atoms with van der Waals surface area (Å²) in [6.07, 6.45) is 4.80. The Morgan fingerprint density at radius 3 is 2.75 bits per heavy atom. The van der Waals surface area contributed by atoms with E-state index in [1.165, 1.54) is 25.7 Å². The molecule has 0 aromatic heterocycles. The molecule has 4 heteroatoms. The van der Waals surface area contributed by atoms with Crippen molar-refractivity contribution in [2.45, 2.75) is 43.9 Å². The smallest absolute Gasteiger partial charge is 0.232 e. The molecule has 1 unspecified atom stereocenters. The molecule has 0 aliphatic carbocycles. The summed E-state index contributed by atoms with van der Waals surface area (Å²) in [6.45, 7) is 5.38. The fourth-order valence-corrected chi connectivity index (χ4v) is 3.65. The Balaban J connectivity index is 1.70. The Bertz CT molecular complexity index is 241. The molecule has 1 atom stereocenters. The molecule has 0 bridgehead atoms. The van der Waals surface area contributed by atoms with Gasteiger partial charge in [-0.1, -0.05) is 0 Å². The summed E-state index contributed by atoms with van der Waals surface area (Å²) in [4.78, 5) is 14.1. The minimum atomic E-state index is 0.355. The predicted molar refractivity (Wildman–Crippen MR) is 68.8 cm³/mol. The first-order chi connectivity index (χ1) is 7.77. The molecule has 2 rings (SSSR count). The topological polar surface area (TPSA) is 32.3 Å². The number of hydrogen-bond acceptors (Lipinski definition) is 3. The van der Waals surface area contributed by atoms with Crippen molar-refractivity contribution >= 4 is 17.7 Å². The maximum atomic E-state index is 12.0. The maximum absolute atomic E-state index is 12.0. The van der Waals surface area contributed by atoms with Crippen molar-refractivity contribution in [3.05, 3.63) is 0 Å². The van der Waals surface area contributed by atoms with Gasteiger partial charge in [-0.3, -0.25) is 4.79 Å². The zero-order valence-electron chi connectivity index (χ0n) is 10.1. The first-order valence-electron chi connectivity index (χ1n) is 6.39. The lowest BCUT2D eigenvalue weighted by Gasteiger charge is -2.25. The van der Waals surface area contributed by atoms with Crippen LogP contribution in [0.25, 0.3) is 0 Å². The van der Waals surface area contributed by atoms with Gasteiger partial charge in [0.1, 0.15) is 0 Å². The van der Waals surface area contributed by atoms with Crippen LogP contribution in [0.5, 0.6) is 0 Å². The number of thioether (sulfide) groups is 1. The van der Waals surface area contributed by atoms with Gasteiger partial charge in [0.05, 0.1) is 5.75 Å². The van der Waals surface area contributed by atoms with E-state index in [9.17, 15) is 4.79 Å². The average Bonchev–Trinajstić information content (AvgIpc) is 2.74. The third-order valence-electron chi connectivity index (χ3n) is 3.60. The molecule has 2 aliphatic rings. The second-order valence-electron chi connectivity index (χ2n) is 4.84. The fourth-order valence-electron chi connectivity index (χ4n) is 2.54. The molecule has 0 saturated carbocycles. The van der Waals surface area contributed by atoms with Gasteiger partial charge in [0.2, 0.25) is 5.91 Å². The van der Waals surface area contributed by atoms with Crippen molar-refractivity contribution in [1.82, 2.24) is 10.2 Å². The molecule has 3 nitrogen and oxygen atoms in total. The second-order valence-corrected chi connectivity index (χ2v) is 6.13. The van der Waals surface area contributed by atoms with Crippen LogP contribution in [-0.2, 0) is 4.79 Å². The van der Waals surface area contributed by atoms with Crippen molar-refractivity contribution in [2.24, 2.45) is 0 Å². The Hall–Kier alpha value is -0.220. The number of piperidine rings is 1. The number of carbonyl (C=O) groups is 1. The van der Waals surface area contributed by atoms with Gasteiger partial charge in [-0.25, -0.2) is 0 Å². The van der Waals surface area contributed by atoms with E-state index in [1.807, 2.05) is 11.8 Å². The molecule has 0 aromatic rings. The number of nitrogens with zero attached hydrogens (tertiary/aromatic N) is 1. The summed E-state index contributed by atoms with van der Waals surface area (Å²) in [5.41, 5.74) is 0. The van der Waals surface area contributed by atoms with Crippen molar-refractivity contribution in [3.8, 4) is 0 Å². The lowest BCUT2D eigenvalue weighted by molar-refractivity contribution is -0.128. The largest absolute Gasteiger partial charge is 0.339 e. The van der Waals surface area contributed by atoms with E-state index in [1.54, 1.807) is 0 Å². The van der Waals surface area contributed by atoms with Crippen LogP contribution in [0, 0.1) is 0 Å². The molecule has 0 spiro atoms. The summed E-state index contributed by atoms with van der Waals surface area (Å²) >= 11 is 1.86. The van der Waals surface area contributed by atoms with Crippen LogP contribution in [0.3, 0.4) is 0 Å². The summed E-state index contributed by atoms with van der Waals surface area (Å²) in [7, 11) is 0. The molecule has 2 fully saturated rings. The highest BCUT2D eigenvalue weighted by molar-refractivity contribution is 8.00. The molecular formula is C12H22N2OS. The quantitative estimate of drug-likeness (QED) is 0.813. The van der Waals surface area contributed by atoms with Gasteiger partial charge in [0.25, 0.3) is 0 Å². The van der Waals surface area contributed by atoms with Crippen LogP contribution >= 0.6 is 11.8 Å². The van der Waals surface area contributed by atoms with Crippen molar-refractivity contribution in [2.75, 3.05) is 25.4 Å². The maximum Gasteiger partial charge on any atom is 0.232 e. The van der Waals surface area contributed by atoms with Gasteiger partial charge in [-0.15, -0.1) is 11.8 Å². The minimum Gasteiger partial charge on any atom is -0.339 e. The lowest BCUT2D eigenvalue weighted by Crippen LogP contribution is -2.36. The number of nitrogens with one attached hydrogen (secondary N) is 1. The van der Waals surface area contributed by atoms with E-state index in [2.05, 4.69) is 17.1 Å². The minimum absolute atomic E-state index is 0.355. The van der Waals surface area contributed by atoms with Crippen LogP contribution in [0.1, 0.15) is 32.6 Å². The fraction of sp³-hybridized carbons (Fsp3) is 0.917. The number of rotatable bonds is 3. The third-order valence-corrected chi connectivity index (χ3v) is 4.96. The molecule has 16 heavy (non-hydrogen) atoms. The van der Waals surface area contributed by atoms with Crippen LogP contribution in [0.4, 0.5) is 0 Å². The van der Waals surface area contributed by atoms with E-state index in [0.717, 1.165) is 19.6 Å². The van der Waals surface area contributed by atoms with Crippen molar-refractivity contribution < 1.29 is 4.79 Å². The third kappa shape index (κ3) is 3.14. The van der Waals surface area contributed by atoms with Crippen LogP contribution < -0.4 is 5.32 Å². The predicted octanol–water partition coefficient (Wildman–Crippen LogP) is 1.48. The lowest BCUT2D eigenvalue weighted by atomic mass is 10.2. The van der Waals surface area contributed by atoms with Gasteiger partial charge >= 0.3 is 0 Å². The summed E-state index contributed by atoms with van der Waals surface area (Å²) < 4.78 is 0. The van der Waals surface area contributed by atoms with Crippen LogP contribution in [0.2, 0.25) is 0 Å². The number of hydrogen-bond donors (Lipinski definition) is 1. The van der Waals surface area contributed by atoms with Gasteiger partial charge in [-0.05, 0) is 45.7 Å². The normalized spacial score (nSPS) is 27.3. The molecule has 1 amide bonds. The summed E-state index contributed by atoms with van der Waals surface area (Å²) in [6, 6.07) is 0.473. The monoisotopic (exact) mass is 242 g/mol. The van der Waals surface area contributed by atoms with Gasteiger partial charge < -0.3 is 10.2 Å². The zero-order valence-corrected chi connectivity index (χ0v) is 10.9. The first-order valence-corrected chi connectivity index (χ1v) is 7.44. The average molecular weight is 242 g/mol. The molecule has 2 heterocycles. The Morgan fingerprint density at radius 1 is 1.38 bits per heavy atom. The Labute approximate surface area is 102 Å². The number of amides is 1. The van der Waals surface area contributed by atoms with Crippen molar-refractivity contribution in [3.63, 3.8) is 0 Å². The standard InChI is InChI=1S/C12H22N2OS/c1-10-3-2-8-14(10)12(15)9-16-11-4-6-13-7-5-11/h10-11,13H,2-9H2,1H3. The molecule has 2 saturated heterocycles. The van der Waals surface area contributed by atoms with Crippen LogP contribution in [0.15, 0.2) is 0 Å². The van der Waals surface area contributed by atoms with E-state index >= 15 is 0 Å². The van der Waals surface area contributed by atoms with Gasteiger partial charge in [0, 0.05) is 17.8 Å². The Kier molecular flexibility index (Phi) is 4.53. The SMILES string of the molecule is CC1CCCN1C(=O)CSC1CCNCC1. The molecule has 1 N–H and O–H groups in total. The van der Waals surface area contributed by atoms with Gasteiger partial charge in [-0.2, -0.15) is 0 Å². The zero-order chi connectivity index (χ0) is 11.4. The highest BCUT2D eigenvalue weighted by Crippen LogP contribution is 2.23. The second kappa shape index (κ2) is 5.92. The van der Waals surface area contributed by atoms with Crippen molar-refractivity contribution in [1.29, 1.82) is 0 Å². The number of likely N-dealkylation sites (tertiary alicyclic amines) is 1. The van der Waals surface area contributed by atoms with E-state index in [0.29, 0.717) is 23.0 Å². The molecule has 2 aliphatic heterocycles. The first kappa shape index (κ1) is 12.2. The molecular weight excluding hydrogens is 220 g/mol. The van der Waals surface area contributed by atoms with E-state index in [-0.39, 0.29) is 0 Å². The van der Waals surface area contributed by atoms with E-state index in [4.69, 9.17) is 0 Å². The highest BCUT2D eigenvalue weighted by Gasteiger charge is 2.25. The molecule has 92 valence electrons. The molecule has 0 aromatic carbocycles.